The van der Waals surface area contributed by atoms with Gasteiger partial charge in [0, 0.05) is 10.8 Å². The quantitative estimate of drug-likeness (QED) is 0.359. The van der Waals surface area contributed by atoms with Gasteiger partial charge in [0.15, 0.2) is 5.69 Å². The largest absolute Gasteiger partial charge is 0.461 e. The van der Waals surface area contributed by atoms with Crippen LogP contribution in [0.1, 0.15) is 53.9 Å². The molecule has 0 radical (unpaired) electrons. The third kappa shape index (κ3) is 5.17. The molecule has 4 aromatic rings. The minimum atomic E-state index is -0.625. The van der Waals surface area contributed by atoms with Crippen LogP contribution >= 0.6 is 11.3 Å². The van der Waals surface area contributed by atoms with Crippen LogP contribution in [0.15, 0.2) is 58.7 Å². The van der Waals surface area contributed by atoms with Gasteiger partial charge < -0.3 is 10.1 Å². The van der Waals surface area contributed by atoms with E-state index in [4.69, 9.17) is 4.74 Å². The fourth-order valence-corrected chi connectivity index (χ4v) is 4.80. The molecule has 8 heteroatoms. The molecule has 0 aliphatic carbocycles. The molecule has 0 unspecified atom stereocenters. The van der Waals surface area contributed by atoms with Crippen LogP contribution in [-0.4, -0.2) is 28.3 Å². The highest BCUT2D eigenvalue weighted by Crippen LogP contribution is 2.31. The number of esters is 1. The maximum atomic E-state index is 13.6. The van der Waals surface area contributed by atoms with Crippen LogP contribution < -0.4 is 10.9 Å². The molecule has 0 saturated heterocycles. The number of amides is 1. The first-order valence-electron chi connectivity index (χ1n) is 11.5. The Morgan fingerprint density at radius 3 is 2.54 bits per heavy atom. The average molecular weight is 490 g/mol. The number of ether oxygens (including phenoxy) is 1. The highest BCUT2D eigenvalue weighted by Gasteiger charge is 2.23. The number of carbonyl (C=O) groups excluding carboxylic acids is 2. The first-order chi connectivity index (χ1) is 16.8. The molecule has 0 atom stereocenters. The lowest BCUT2D eigenvalue weighted by atomic mass is 10.0. The van der Waals surface area contributed by atoms with Gasteiger partial charge in [-0.1, -0.05) is 55.8 Å². The third-order valence-corrected chi connectivity index (χ3v) is 6.52. The molecule has 4 rings (SSSR count). The van der Waals surface area contributed by atoms with E-state index in [1.54, 1.807) is 24.4 Å². The predicted octanol–water partition coefficient (Wildman–Crippen LogP) is 5.24. The Morgan fingerprint density at radius 1 is 1.14 bits per heavy atom. The summed E-state index contributed by atoms with van der Waals surface area (Å²) in [4.78, 5) is 39.1. The normalized spacial score (nSPS) is 11.1. The standard InChI is InChI=1S/C27H27N3O4S/c1-5-34-27(33)24-21-15-35-25(28-22(31)14-18-8-6-7-17(4)13-18)23(21)26(32)30(29-24)20-11-9-19(10-12-20)16(2)3/h6-13,15-16H,5,14H2,1-4H3,(H,28,31). The zero-order valence-corrected chi connectivity index (χ0v) is 20.9. The van der Waals surface area contributed by atoms with E-state index in [9.17, 15) is 14.4 Å². The summed E-state index contributed by atoms with van der Waals surface area (Å²) < 4.78 is 6.39. The Morgan fingerprint density at radius 2 is 1.89 bits per heavy atom. The van der Waals surface area contributed by atoms with Crippen molar-refractivity contribution in [2.75, 3.05) is 11.9 Å². The lowest BCUT2D eigenvalue weighted by Gasteiger charge is -2.11. The van der Waals surface area contributed by atoms with Crippen LogP contribution in [0.3, 0.4) is 0 Å². The fraction of sp³-hybridized carbons (Fsp3) is 0.259. The van der Waals surface area contributed by atoms with Crippen LogP contribution in [0, 0.1) is 6.92 Å². The van der Waals surface area contributed by atoms with Gasteiger partial charge in [-0.3, -0.25) is 9.59 Å². The molecule has 7 nitrogen and oxygen atoms in total. The number of aryl methyl sites for hydroxylation is 1. The summed E-state index contributed by atoms with van der Waals surface area (Å²) >= 11 is 1.19. The van der Waals surface area contributed by atoms with Crippen molar-refractivity contribution in [3.8, 4) is 5.69 Å². The minimum Gasteiger partial charge on any atom is -0.461 e. The summed E-state index contributed by atoms with van der Waals surface area (Å²) in [5.41, 5.74) is 3.19. The lowest BCUT2D eigenvalue weighted by Crippen LogP contribution is -2.25. The zero-order chi connectivity index (χ0) is 25.1. The fourth-order valence-electron chi connectivity index (χ4n) is 3.85. The van der Waals surface area contributed by atoms with Gasteiger partial charge in [-0.15, -0.1) is 11.3 Å². The van der Waals surface area contributed by atoms with E-state index in [2.05, 4.69) is 24.3 Å². The number of anilines is 1. The third-order valence-electron chi connectivity index (χ3n) is 5.63. The number of thiophene rings is 1. The number of carbonyl (C=O) groups is 2. The van der Waals surface area contributed by atoms with Gasteiger partial charge in [0.2, 0.25) is 5.91 Å². The Labute approximate surface area is 207 Å². The van der Waals surface area contributed by atoms with Gasteiger partial charge in [0.1, 0.15) is 5.00 Å². The van der Waals surface area contributed by atoms with Gasteiger partial charge in [-0.25, -0.2) is 4.79 Å². The molecule has 0 aliphatic heterocycles. The second-order valence-corrected chi connectivity index (χ2v) is 9.48. The molecular formula is C27H27N3O4S. The SMILES string of the molecule is CCOC(=O)c1nn(-c2ccc(C(C)C)cc2)c(=O)c2c(NC(=O)Cc3cccc(C)c3)scc12. The topological polar surface area (TPSA) is 90.3 Å². The molecule has 0 fully saturated rings. The van der Waals surface area contributed by atoms with Crippen molar-refractivity contribution in [2.24, 2.45) is 0 Å². The maximum absolute atomic E-state index is 13.6. The number of hydrogen-bond acceptors (Lipinski definition) is 6. The predicted molar refractivity (Wildman–Crippen MR) is 139 cm³/mol. The van der Waals surface area contributed by atoms with Crippen molar-refractivity contribution in [1.29, 1.82) is 0 Å². The Bertz CT molecular complexity index is 1450. The first kappa shape index (κ1) is 24.3. The Kier molecular flexibility index (Phi) is 7.12. The van der Waals surface area contributed by atoms with Crippen LogP contribution in [0.25, 0.3) is 16.5 Å². The van der Waals surface area contributed by atoms with Gasteiger partial charge >= 0.3 is 5.97 Å². The van der Waals surface area contributed by atoms with Crippen molar-refractivity contribution in [3.05, 3.63) is 86.6 Å². The number of aromatic nitrogens is 2. The molecule has 1 N–H and O–H groups in total. The molecule has 2 aromatic carbocycles. The van der Waals surface area contributed by atoms with E-state index in [-0.39, 0.29) is 30.0 Å². The molecule has 180 valence electrons. The molecule has 1 amide bonds. The molecular weight excluding hydrogens is 462 g/mol. The summed E-state index contributed by atoms with van der Waals surface area (Å²) in [6.07, 6.45) is 0.168. The lowest BCUT2D eigenvalue weighted by molar-refractivity contribution is -0.115. The van der Waals surface area contributed by atoms with Crippen LogP contribution in [-0.2, 0) is 16.0 Å². The van der Waals surface area contributed by atoms with E-state index in [1.807, 2.05) is 43.3 Å². The molecule has 35 heavy (non-hydrogen) atoms. The van der Waals surface area contributed by atoms with Crippen LogP contribution in [0.4, 0.5) is 5.00 Å². The van der Waals surface area contributed by atoms with E-state index < -0.39 is 11.5 Å². The summed E-state index contributed by atoms with van der Waals surface area (Å²) in [6.45, 7) is 8.02. The molecule has 0 spiro atoms. The smallest absolute Gasteiger partial charge is 0.359 e. The maximum Gasteiger partial charge on any atom is 0.359 e. The average Bonchev–Trinajstić information content (AvgIpc) is 3.23. The van der Waals surface area contributed by atoms with Gasteiger partial charge in [0.25, 0.3) is 5.56 Å². The van der Waals surface area contributed by atoms with Gasteiger partial charge in [-0.05, 0) is 43.0 Å². The first-order valence-corrected chi connectivity index (χ1v) is 12.3. The monoisotopic (exact) mass is 489 g/mol. The van der Waals surface area contributed by atoms with Crippen molar-refractivity contribution in [2.45, 2.75) is 40.0 Å². The second-order valence-electron chi connectivity index (χ2n) is 8.60. The highest BCUT2D eigenvalue weighted by atomic mass is 32.1. The minimum absolute atomic E-state index is 0.0322. The zero-order valence-electron chi connectivity index (χ0n) is 20.1. The highest BCUT2D eigenvalue weighted by molar-refractivity contribution is 7.16. The van der Waals surface area contributed by atoms with Crippen molar-refractivity contribution in [3.63, 3.8) is 0 Å². The Hall–Kier alpha value is -3.78. The second kappa shape index (κ2) is 10.2. The van der Waals surface area contributed by atoms with E-state index in [1.165, 1.54) is 16.0 Å². The van der Waals surface area contributed by atoms with E-state index in [0.29, 0.717) is 22.0 Å². The molecule has 0 saturated carbocycles. The molecule has 2 heterocycles. The van der Waals surface area contributed by atoms with E-state index in [0.717, 1.165) is 16.7 Å². The van der Waals surface area contributed by atoms with Crippen LogP contribution in [0.5, 0.6) is 0 Å². The molecule has 0 aliphatic rings. The number of rotatable bonds is 7. The molecule has 2 aromatic heterocycles. The van der Waals surface area contributed by atoms with Gasteiger partial charge in [-0.2, -0.15) is 9.78 Å². The van der Waals surface area contributed by atoms with Crippen LogP contribution in [0.2, 0.25) is 0 Å². The number of fused-ring (bicyclic) bond motifs is 1. The number of nitrogens with one attached hydrogen (secondary N) is 1. The Balaban J connectivity index is 1.79. The summed E-state index contributed by atoms with van der Waals surface area (Å²) in [7, 11) is 0. The van der Waals surface area contributed by atoms with E-state index >= 15 is 0 Å². The summed E-state index contributed by atoms with van der Waals surface area (Å²) in [5.74, 6) is -0.542. The number of hydrogen-bond donors (Lipinski definition) is 1. The van der Waals surface area contributed by atoms with Crippen molar-refractivity contribution >= 4 is 39.0 Å². The number of benzene rings is 2. The van der Waals surface area contributed by atoms with Crippen molar-refractivity contribution in [1.82, 2.24) is 9.78 Å². The molecule has 0 bridgehead atoms. The van der Waals surface area contributed by atoms with Crippen molar-refractivity contribution < 1.29 is 14.3 Å². The summed E-state index contributed by atoms with van der Waals surface area (Å²) in [6, 6.07) is 15.2. The summed E-state index contributed by atoms with van der Waals surface area (Å²) in [5, 5.41) is 9.85. The van der Waals surface area contributed by atoms with Gasteiger partial charge in [0.05, 0.1) is 24.1 Å². The number of nitrogens with zero attached hydrogens (tertiary/aromatic N) is 2.